The number of thioether (sulfide) groups is 1. The van der Waals surface area contributed by atoms with Gasteiger partial charge in [0.2, 0.25) is 5.75 Å². The van der Waals surface area contributed by atoms with Crippen LogP contribution in [0.5, 0.6) is 11.5 Å². The topological polar surface area (TPSA) is 81.9 Å². The van der Waals surface area contributed by atoms with Crippen LogP contribution in [0.15, 0.2) is 35.2 Å². The number of rotatable bonds is 7. The molecule has 1 saturated heterocycles. The summed E-state index contributed by atoms with van der Waals surface area (Å²) in [7, 11) is 1.38. The predicted molar refractivity (Wildman–Crippen MR) is 126 cm³/mol. The first-order valence-corrected chi connectivity index (χ1v) is 10.9. The zero-order valence-electron chi connectivity index (χ0n) is 16.4. The van der Waals surface area contributed by atoms with Crippen molar-refractivity contribution in [3.8, 4) is 11.5 Å². The number of benzene rings is 2. The third kappa shape index (κ3) is 5.12. The fourth-order valence-electron chi connectivity index (χ4n) is 2.83. The molecule has 1 aliphatic heterocycles. The highest BCUT2D eigenvalue weighted by atomic mass is 35.5. The third-order valence-electron chi connectivity index (χ3n) is 4.33. The fraction of sp³-hybridized carbons (Fsp3) is 0.200. The predicted octanol–water partition coefficient (Wildman–Crippen LogP) is 5.71. The van der Waals surface area contributed by atoms with Crippen molar-refractivity contribution in [2.24, 2.45) is 0 Å². The van der Waals surface area contributed by atoms with Crippen molar-refractivity contribution in [1.82, 2.24) is 4.90 Å². The molecule has 0 aliphatic carbocycles. The van der Waals surface area contributed by atoms with Crippen LogP contribution in [0, 0.1) is 10.1 Å². The van der Waals surface area contributed by atoms with Gasteiger partial charge in [0.05, 0.1) is 27.0 Å². The van der Waals surface area contributed by atoms with Crippen LogP contribution in [0.25, 0.3) is 6.08 Å². The van der Waals surface area contributed by atoms with Crippen LogP contribution in [0.1, 0.15) is 18.1 Å². The van der Waals surface area contributed by atoms with E-state index in [0.717, 1.165) is 11.8 Å². The second-order valence-corrected chi connectivity index (χ2v) is 8.78. The molecule has 1 heterocycles. The smallest absolute Gasteiger partial charge is 0.315 e. The van der Waals surface area contributed by atoms with E-state index in [1.165, 1.54) is 18.1 Å². The van der Waals surface area contributed by atoms with Gasteiger partial charge in [-0.25, -0.2) is 0 Å². The average molecular weight is 499 g/mol. The first kappa shape index (κ1) is 23.3. The molecular weight excluding hydrogens is 483 g/mol. The van der Waals surface area contributed by atoms with E-state index in [1.807, 2.05) is 6.92 Å². The van der Waals surface area contributed by atoms with Crippen molar-refractivity contribution < 1.29 is 19.2 Å². The van der Waals surface area contributed by atoms with Gasteiger partial charge in [0.1, 0.15) is 10.9 Å². The van der Waals surface area contributed by atoms with Crippen LogP contribution in [-0.4, -0.2) is 33.7 Å². The van der Waals surface area contributed by atoms with Gasteiger partial charge in [0.25, 0.3) is 5.91 Å². The number of amides is 1. The average Bonchev–Trinajstić information content (AvgIpc) is 3.00. The Labute approximate surface area is 198 Å². The number of carbonyl (C=O) groups excluding carboxylic acids is 1. The van der Waals surface area contributed by atoms with Crippen LogP contribution < -0.4 is 9.47 Å². The maximum absolute atomic E-state index is 12.4. The highest BCUT2D eigenvalue weighted by molar-refractivity contribution is 8.26. The minimum Gasteiger partial charge on any atom is -0.493 e. The van der Waals surface area contributed by atoms with Crippen molar-refractivity contribution in [3.63, 3.8) is 0 Å². The van der Waals surface area contributed by atoms with Gasteiger partial charge in [0.15, 0.2) is 5.75 Å². The van der Waals surface area contributed by atoms with Gasteiger partial charge in [-0.2, -0.15) is 0 Å². The lowest BCUT2D eigenvalue weighted by molar-refractivity contribution is -0.386. The van der Waals surface area contributed by atoms with Gasteiger partial charge in [-0.15, -0.1) is 0 Å². The summed E-state index contributed by atoms with van der Waals surface area (Å²) in [6.45, 7) is 2.29. The molecule has 11 heteroatoms. The number of nitro benzene ring substituents is 1. The molecule has 0 N–H and O–H groups in total. The molecule has 2 aromatic carbocycles. The van der Waals surface area contributed by atoms with Gasteiger partial charge in [-0.1, -0.05) is 53.2 Å². The van der Waals surface area contributed by atoms with Crippen molar-refractivity contribution in [3.05, 3.63) is 66.5 Å². The molecule has 3 rings (SSSR count). The number of carbonyl (C=O) groups is 1. The van der Waals surface area contributed by atoms with Crippen molar-refractivity contribution in [1.29, 1.82) is 0 Å². The molecule has 1 fully saturated rings. The Kier molecular flexibility index (Phi) is 7.42. The molecule has 0 radical (unpaired) electrons. The Balaban J connectivity index is 1.95. The Hall–Kier alpha value is -2.33. The van der Waals surface area contributed by atoms with Crippen LogP contribution >= 0.6 is 47.2 Å². The Morgan fingerprint density at radius 2 is 2.00 bits per heavy atom. The van der Waals surface area contributed by atoms with E-state index in [1.54, 1.807) is 30.3 Å². The molecule has 0 aromatic heterocycles. The molecule has 0 spiro atoms. The minimum absolute atomic E-state index is 0.0165. The number of halogens is 2. The van der Waals surface area contributed by atoms with Gasteiger partial charge in [-0.3, -0.25) is 19.8 Å². The van der Waals surface area contributed by atoms with E-state index in [0.29, 0.717) is 36.9 Å². The molecule has 0 unspecified atom stereocenters. The number of hydrogen-bond donors (Lipinski definition) is 0. The van der Waals surface area contributed by atoms with Crippen LogP contribution in [0.3, 0.4) is 0 Å². The summed E-state index contributed by atoms with van der Waals surface area (Å²) in [5, 5.41) is 12.5. The third-order valence-corrected chi connectivity index (χ3v) is 6.45. The monoisotopic (exact) mass is 498 g/mol. The Morgan fingerprint density at radius 3 is 2.58 bits per heavy atom. The maximum atomic E-state index is 12.4. The summed E-state index contributed by atoms with van der Waals surface area (Å²) in [5.74, 6) is -0.109. The van der Waals surface area contributed by atoms with E-state index in [4.69, 9.17) is 44.9 Å². The number of methoxy groups -OCH3 is 1. The number of nitrogens with zero attached hydrogens (tertiary/aromatic N) is 2. The van der Waals surface area contributed by atoms with Gasteiger partial charge < -0.3 is 9.47 Å². The number of hydrogen-bond acceptors (Lipinski definition) is 7. The Bertz CT molecular complexity index is 1110. The molecule has 0 bridgehead atoms. The van der Waals surface area contributed by atoms with E-state index in [-0.39, 0.29) is 29.7 Å². The van der Waals surface area contributed by atoms with Crippen LogP contribution in [0.2, 0.25) is 10.0 Å². The molecule has 0 saturated carbocycles. The summed E-state index contributed by atoms with van der Waals surface area (Å²) in [6, 6.07) is 7.83. The summed E-state index contributed by atoms with van der Waals surface area (Å²) in [6.07, 6.45) is 1.55. The van der Waals surface area contributed by atoms with Gasteiger partial charge in [0, 0.05) is 12.6 Å². The number of likely N-dealkylation sites (N-methyl/N-ethyl adjacent to an activating group) is 1. The highest BCUT2D eigenvalue weighted by Gasteiger charge is 2.31. The molecule has 31 heavy (non-hydrogen) atoms. The molecule has 162 valence electrons. The van der Waals surface area contributed by atoms with Gasteiger partial charge in [-0.05, 0) is 42.3 Å². The second kappa shape index (κ2) is 9.86. The van der Waals surface area contributed by atoms with E-state index in [9.17, 15) is 14.9 Å². The lowest BCUT2D eigenvalue weighted by atomic mass is 10.1. The van der Waals surface area contributed by atoms with E-state index in [2.05, 4.69) is 0 Å². The normalized spacial score (nSPS) is 15.0. The SMILES string of the molecule is CCN1C(=O)/C(=C\c2cc(OC)c(OCc3ccc(Cl)c(Cl)c3)c([N+](=O)[O-])c2)SC1=S. The summed E-state index contributed by atoms with van der Waals surface area (Å²) in [5.41, 5.74) is 0.803. The maximum Gasteiger partial charge on any atom is 0.315 e. The molecule has 0 atom stereocenters. The van der Waals surface area contributed by atoms with Crippen LogP contribution in [0.4, 0.5) is 5.69 Å². The van der Waals surface area contributed by atoms with Crippen LogP contribution in [-0.2, 0) is 11.4 Å². The number of ether oxygens (including phenoxy) is 2. The lowest BCUT2D eigenvalue weighted by Crippen LogP contribution is -2.27. The first-order valence-electron chi connectivity index (χ1n) is 8.93. The van der Waals surface area contributed by atoms with Crippen molar-refractivity contribution in [2.75, 3.05) is 13.7 Å². The standard InChI is InChI=1S/C20H16Cl2N2O5S2/c1-3-23-19(25)17(31-20(23)30)9-12-7-15(24(26)27)18(16(8-12)28-2)29-10-11-4-5-13(21)14(22)6-11/h4-9H,3,10H2,1-2H3/b17-9+. The zero-order chi connectivity index (χ0) is 22.7. The molecule has 1 aliphatic rings. The second-order valence-electron chi connectivity index (χ2n) is 6.29. The quantitative estimate of drug-likeness (QED) is 0.209. The summed E-state index contributed by atoms with van der Waals surface area (Å²) < 4.78 is 11.5. The molecular formula is C20H16Cl2N2O5S2. The molecule has 7 nitrogen and oxygen atoms in total. The molecule has 2 aromatic rings. The summed E-state index contributed by atoms with van der Waals surface area (Å²) >= 11 is 18.3. The van der Waals surface area contributed by atoms with Crippen molar-refractivity contribution in [2.45, 2.75) is 13.5 Å². The van der Waals surface area contributed by atoms with E-state index < -0.39 is 4.92 Å². The number of nitro groups is 1. The largest absolute Gasteiger partial charge is 0.493 e. The Morgan fingerprint density at radius 1 is 1.26 bits per heavy atom. The van der Waals surface area contributed by atoms with Gasteiger partial charge >= 0.3 is 5.69 Å². The lowest BCUT2D eigenvalue weighted by Gasteiger charge is -2.13. The first-order chi connectivity index (χ1) is 14.7. The molecule has 1 amide bonds. The highest BCUT2D eigenvalue weighted by Crippen LogP contribution is 2.41. The zero-order valence-corrected chi connectivity index (χ0v) is 19.5. The number of thiocarbonyl (C=S) groups is 1. The fourth-order valence-corrected chi connectivity index (χ4v) is 4.54. The van der Waals surface area contributed by atoms with E-state index >= 15 is 0 Å². The van der Waals surface area contributed by atoms with Crippen molar-refractivity contribution >= 4 is 69.2 Å². The summed E-state index contributed by atoms with van der Waals surface area (Å²) in [4.78, 5) is 25.4. The minimum atomic E-state index is -0.568.